The molecule has 3 nitrogen and oxygen atoms in total. The summed E-state index contributed by atoms with van der Waals surface area (Å²) >= 11 is 0. The van der Waals surface area contributed by atoms with E-state index in [4.69, 9.17) is 0 Å². The van der Waals surface area contributed by atoms with E-state index in [0.29, 0.717) is 16.6 Å². The van der Waals surface area contributed by atoms with Gasteiger partial charge < -0.3 is 0 Å². The third kappa shape index (κ3) is 2.68. The number of ketones is 1. The highest BCUT2D eigenvalue weighted by Gasteiger charge is 2.13. The fourth-order valence-corrected chi connectivity index (χ4v) is 2.49. The van der Waals surface area contributed by atoms with Crippen LogP contribution in [0.3, 0.4) is 0 Å². The Kier molecular flexibility index (Phi) is 3.73. The van der Waals surface area contributed by atoms with E-state index in [9.17, 15) is 4.79 Å². The van der Waals surface area contributed by atoms with Gasteiger partial charge >= 0.3 is 0 Å². The summed E-state index contributed by atoms with van der Waals surface area (Å²) in [6.45, 7) is 2.13. The Morgan fingerprint density at radius 2 is 1.86 bits per heavy atom. The zero-order valence-electron chi connectivity index (χ0n) is 11.9. The van der Waals surface area contributed by atoms with Crippen molar-refractivity contribution >= 4 is 16.8 Å². The summed E-state index contributed by atoms with van der Waals surface area (Å²) in [5, 5.41) is 0. The molecule has 3 aromatic rings. The van der Waals surface area contributed by atoms with Crippen molar-refractivity contribution in [2.45, 2.75) is 19.8 Å². The molecule has 0 unspecified atom stereocenters. The number of nitrogens with zero attached hydrogens (tertiary/aromatic N) is 2. The van der Waals surface area contributed by atoms with Gasteiger partial charge in [0.15, 0.2) is 5.78 Å². The first-order valence-electron chi connectivity index (χ1n) is 7.13. The maximum absolute atomic E-state index is 12.7. The average Bonchev–Trinajstić information content (AvgIpc) is 2.54. The van der Waals surface area contributed by atoms with E-state index < -0.39 is 0 Å². The zero-order chi connectivity index (χ0) is 14.7. The van der Waals surface area contributed by atoms with E-state index in [0.717, 1.165) is 18.4 Å². The summed E-state index contributed by atoms with van der Waals surface area (Å²) in [7, 11) is 0. The van der Waals surface area contributed by atoms with Crippen molar-refractivity contribution in [3.8, 4) is 0 Å². The first-order chi connectivity index (χ1) is 10.3. The second kappa shape index (κ2) is 5.83. The van der Waals surface area contributed by atoms with Crippen LogP contribution in [0.2, 0.25) is 0 Å². The average molecular weight is 276 g/mol. The number of aryl methyl sites for hydroxylation is 1. The highest BCUT2D eigenvalue weighted by Crippen LogP contribution is 2.19. The molecule has 0 saturated heterocycles. The smallest absolute Gasteiger partial charge is 0.195 e. The topological polar surface area (TPSA) is 42.9 Å². The molecule has 3 rings (SSSR count). The summed E-state index contributed by atoms with van der Waals surface area (Å²) in [6.07, 6.45) is 5.30. The molecule has 104 valence electrons. The Hall–Kier alpha value is -2.55. The summed E-state index contributed by atoms with van der Waals surface area (Å²) in [5.41, 5.74) is 3.90. The fraction of sp³-hybridized carbons (Fsp3) is 0.167. The van der Waals surface area contributed by atoms with Gasteiger partial charge in [-0.3, -0.25) is 14.8 Å². The third-order valence-corrected chi connectivity index (χ3v) is 3.47. The molecule has 2 aromatic carbocycles. The maximum atomic E-state index is 12.7. The molecule has 0 atom stereocenters. The molecule has 0 bridgehead atoms. The molecule has 0 aliphatic heterocycles. The number of fused-ring (bicyclic) bond motifs is 1. The Morgan fingerprint density at radius 3 is 2.71 bits per heavy atom. The highest BCUT2D eigenvalue weighted by atomic mass is 16.1. The quantitative estimate of drug-likeness (QED) is 0.680. The number of hydrogen-bond donors (Lipinski definition) is 0. The normalized spacial score (nSPS) is 10.7. The van der Waals surface area contributed by atoms with Gasteiger partial charge in [0.2, 0.25) is 0 Å². The Bertz CT molecular complexity index is 791. The van der Waals surface area contributed by atoms with Crippen molar-refractivity contribution < 1.29 is 4.79 Å². The number of benzene rings is 2. The van der Waals surface area contributed by atoms with Crippen molar-refractivity contribution in [3.63, 3.8) is 0 Å². The van der Waals surface area contributed by atoms with Crippen molar-refractivity contribution in [1.29, 1.82) is 0 Å². The van der Waals surface area contributed by atoms with Crippen molar-refractivity contribution in [3.05, 3.63) is 71.5 Å². The summed E-state index contributed by atoms with van der Waals surface area (Å²) < 4.78 is 0. The van der Waals surface area contributed by atoms with E-state index in [-0.39, 0.29) is 5.78 Å². The molecule has 0 radical (unpaired) electrons. The largest absolute Gasteiger partial charge is 0.289 e. The van der Waals surface area contributed by atoms with Gasteiger partial charge in [0.1, 0.15) is 0 Å². The number of carbonyl (C=O) groups excluding carboxylic acids is 1. The number of rotatable bonds is 4. The number of hydrogen-bond acceptors (Lipinski definition) is 3. The second-order valence-corrected chi connectivity index (χ2v) is 5.01. The molecule has 21 heavy (non-hydrogen) atoms. The molecular weight excluding hydrogens is 260 g/mol. The van der Waals surface area contributed by atoms with E-state index in [1.807, 2.05) is 36.4 Å². The summed E-state index contributed by atoms with van der Waals surface area (Å²) in [5.74, 6) is -0.000877. The Morgan fingerprint density at radius 1 is 1.05 bits per heavy atom. The molecule has 0 spiro atoms. The van der Waals surface area contributed by atoms with E-state index in [1.54, 1.807) is 12.4 Å². The molecule has 0 N–H and O–H groups in total. The Balaban J connectivity index is 2.06. The monoisotopic (exact) mass is 276 g/mol. The van der Waals surface area contributed by atoms with Crippen molar-refractivity contribution in [2.24, 2.45) is 0 Å². The van der Waals surface area contributed by atoms with Gasteiger partial charge in [-0.15, -0.1) is 0 Å². The van der Waals surface area contributed by atoms with E-state index in [1.165, 1.54) is 5.56 Å². The molecule has 0 aliphatic carbocycles. The van der Waals surface area contributed by atoms with Crippen LogP contribution in [0.5, 0.6) is 0 Å². The van der Waals surface area contributed by atoms with Gasteiger partial charge in [-0.1, -0.05) is 37.6 Å². The maximum Gasteiger partial charge on any atom is 0.195 e. The molecule has 0 amide bonds. The van der Waals surface area contributed by atoms with Crippen LogP contribution >= 0.6 is 0 Å². The molecule has 0 aliphatic rings. The summed E-state index contributed by atoms with van der Waals surface area (Å²) in [4.78, 5) is 21.3. The van der Waals surface area contributed by atoms with Crippen LogP contribution < -0.4 is 0 Å². The third-order valence-electron chi connectivity index (χ3n) is 3.47. The molecular formula is C18H16N2O. The predicted octanol–water partition coefficient (Wildman–Crippen LogP) is 3.81. The van der Waals surface area contributed by atoms with Crippen LogP contribution in [0, 0.1) is 0 Å². The minimum atomic E-state index is -0.000877. The minimum Gasteiger partial charge on any atom is -0.289 e. The van der Waals surface area contributed by atoms with Crippen LogP contribution in [0.25, 0.3) is 11.0 Å². The second-order valence-electron chi connectivity index (χ2n) is 5.01. The van der Waals surface area contributed by atoms with E-state index >= 15 is 0 Å². The first-order valence-corrected chi connectivity index (χ1v) is 7.13. The lowest BCUT2D eigenvalue weighted by Crippen LogP contribution is -2.04. The molecule has 0 fully saturated rings. The fourth-order valence-electron chi connectivity index (χ4n) is 2.49. The zero-order valence-corrected chi connectivity index (χ0v) is 11.9. The standard InChI is InChI=1S/C18H16N2O/c1-2-5-13-6-3-7-14(12-13)18(21)15-8-4-9-16-17(15)20-11-10-19-16/h3-4,6-12H,2,5H2,1H3. The van der Waals surface area contributed by atoms with Crippen LogP contribution in [-0.2, 0) is 6.42 Å². The number of carbonyl (C=O) groups is 1. The van der Waals surface area contributed by atoms with Gasteiger partial charge in [-0.05, 0) is 30.2 Å². The van der Waals surface area contributed by atoms with Crippen LogP contribution in [0.1, 0.15) is 34.8 Å². The van der Waals surface area contributed by atoms with Gasteiger partial charge in [0, 0.05) is 18.0 Å². The van der Waals surface area contributed by atoms with Crippen molar-refractivity contribution in [1.82, 2.24) is 9.97 Å². The lowest BCUT2D eigenvalue weighted by atomic mass is 9.99. The highest BCUT2D eigenvalue weighted by molar-refractivity contribution is 6.15. The van der Waals surface area contributed by atoms with Gasteiger partial charge in [0.25, 0.3) is 0 Å². The van der Waals surface area contributed by atoms with Crippen LogP contribution in [0.4, 0.5) is 0 Å². The van der Waals surface area contributed by atoms with Gasteiger partial charge in [0.05, 0.1) is 16.6 Å². The SMILES string of the molecule is CCCc1cccc(C(=O)c2cccc3nccnc23)c1. The Labute approximate surface area is 123 Å². The minimum absolute atomic E-state index is 0.000877. The van der Waals surface area contributed by atoms with Gasteiger partial charge in [-0.2, -0.15) is 0 Å². The lowest BCUT2D eigenvalue weighted by Gasteiger charge is -2.06. The molecule has 1 aromatic heterocycles. The first kappa shape index (κ1) is 13.4. The van der Waals surface area contributed by atoms with E-state index in [2.05, 4.69) is 23.0 Å². The van der Waals surface area contributed by atoms with Crippen molar-refractivity contribution in [2.75, 3.05) is 0 Å². The molecule has 0 saturated carbocycles. The predicted molar refractivity (Wildman–Crippen MR) is 83.4 cm³/mol. The van der Waals surface area contributed by atoms with Crippen LogP contribution in [0.15, 0.2) is 54.9 Å². The lowest BCUT2D eigenvalue weighted by molar-refractivity contribution is 0.104. The molecule has 1 heterocycles. The summed E-state index contributed by atoms with van der Waals surface area (Å²) in [6, 6.07) is 13.4. The number of para-hydroxylation sites is 1. The molecule has 3 heteroatoms. The van der Waals surface area contributed by atoms with Gasteiger partial charge in [-0.25, -0.2) is 0 Å². The number of aromatic nitrogens is 2. The van der Waals surface area contributed by atoms with Crippen LogP contribution in [-0.4, -0.2) is 15.8 Å².